The number of phenolic OH excluding ortho intramolecular Hbond substituents is 1. The van der Waals surface area contributed by atoms with Crippen LogP contribution in [0.1, 0.15) is 17.2 Å². The van der Waals surface area contributed by atoms with Crippen LogP contribution >= 0.6 is 23.2 Å². The average molecular weight is 267 g/mol. The topological polar surface area (TPSA) is 40.5 Å². The quantitative estimate of drug-likeness (QED) is 0.762. The molecule has 0 saturated heterocycles. The maximum atomic E-state index is 10.2. The highest BCUT2D eigenvalue weighted by Gasteiger charge is 2.30. The molecule has 4 heteroatoms. The van der Waals surface area contributed by atoms with E-state index in [0.717, 1.165) is 5.56 Å². The van der Waals surface area contributed by atoms with Gasteiger partial charge in [0.1, 0.15) is 11.9 Å². The fourth-order valence-corrected chi connectivity index (χ4v) is 2.68. The molecular weight excluding hydrogens is 259 g/mol. The van der Waals surface area contributed by atoms with Crippen LogP contribution in [0.15, 0.2) is 30.3 Å². The largest absolute Gasteiger partial charge is 0.507 e. The van der Waals surface area contributed by atoms with E-state index in [1.165, 1.54) is 6.07 Å². The summed E-state index contributed by atoms with van der Waals surface area (Å²) >= 11 is 11.8. The lowest BCUT2D eigenvalue weighted by atomic mass is 10.1. The van der Waals surface area contributed by atoms with E-state index in [0.29, 0.717) is 26.7 Å². The molecule has 86 valence electrons. The Morgan fingerprint density at radius 3 is 2.41 bits per heavy atom. The summed E-state index contributed by atoms with van der Waals surface area (Å²) in [5, 5.41) is 21.1. The van der Waals surface area contributed by atoms with E-state index in [1.54, 1.807) is 24.3 Å². The molecule has 0 aromatic heterocycles. The van der Waals surface area contributed by atoms with Gasteiger partial charge in [0.2, 0.25) is 0 Å². The minimum Gasteiger partial charge on any atom is -0.507 e. The molecule has 0 amide bonds. The number of benzene rings is 2. The van der Waals surface area contributed by atoms with E-state index in [1.807, 2.05) is 0 Å². The van der Waals surface area contributed by atoms with E-state index >= 15 is 0 Å². The van der Waals surface area contributed by atoms with E-state index in [2.05, 4.69) is 0 Å². The molecule has 2 aromatic rings. The molecule has 2 aromatic carbocycles. The molecule has 1 atom stereocenters. The Kier molecular flexibility index (Phi) is 2.33. The SMILES string of the molecule is Oc1cc(Cl)cc2c1-c1ccc(Cl)cc1[C@@H]2O. The Labute approximate surface area is 108 Å². The van der Waals surface area contributed by atoms with Crippen molar-refractivity contribution >= 4 is 23.2 Å². The van der Waals surface area contributed by atoms with Crippen LogP contribution < -0.4 is 0 Å². The summed E-state index contributed by atoms with van der Waals surface area (Å²) in [6.07, 6.45) is -0.789. The number of aliphatic hydroxyl groups excluding tert-OH is 1. The lowest BCUT2D eigenvalue weighted by Crippen LogP contribution is -1.93. The van der Waals surface area contributed by atoms with Gasteiger partial charge in [0.05, 0.1) is 0 Å². The van der Waals surface area contributed by atoms with Gasteiger partial charge in [-0.3, -0.25) is 0 Å². The Morgan fingerprint density at radius 1 is 0.941 bits per heavy atom. The van der Waals surface area contributed by atoms with Crippen molar-refractivity contribution < 1.29 is 10.2 Å². The third-order valence-electron chi connectivity index (χ3n) is 2.98. The van der Waals surface area contributed by atoms with Gasteiger partial charge in [0, 0.05) is 15.6 Å². The minimum atomic E-state index is -0.789. The Morgan fingerprint density at radius 2 is 1.65 bits per heavy atom. The second-order valence-electron chi connectivity index (χ2n) is 4.02. The van der Waals surface area contributed by atoms with Crippen molar-refractivity contribution in [3.63, 3.8) is 0 Å². The first-order valence-electron chi connectivity index (χ1n) is 5.08. The van der Waals surface area contributed by atoms with Crippen molar-refractivity contribution in [1.29, 1.82) is 0 Å². The number of aromatic hydroxyl groups is 1. The van der Waals surface area contributed by atoms with Crippen LogP contribution in [-0.2, 0) is 0 Å². The molecule has 0 unspecified atom stereocenters. The van der Waals surface area contributed by atoms with E-state index in [9.17, 15) is 10.2 Å². The second kappa shape index (κ2) is 3.64. The third kappa shape index (κ3) is 1.53. The predicted molar refractivity (Wildman–Crippen MR) is 67.6 cm³/mol. The van der Waals surface area contributed by atoms with Gasteiger partial charge in [0.15, 0.2) is 0 Å². The molecule has 2 nitrogen and oxygen atoms in total. The summed E-state index contributed by atoms with van der Waals surface area (Å²) in [6.45, 7) is 0. The van der Waals surface area contributed by atoms with Crippen LogP contribution in [0.2, 0.25) is 10.0 Å². The first-order valence-corrected chi connectivity index (χ1v) is 5.84. The van der Waals surface area contributed by atoms with Crippen molar-refractivity contribution in [3.05, 3.63) is 51.5 Å². The minimum absolute atomic E-state index is 0.0765. The summed E-state index contributed by atoms with van der Waals surface area (Å²) in [5.74, 6) is 0.0765. The van der Waals surface area contributed by atoms with Gasteiger partial charge in [-0.15, -0.1) is 0 Å². The first-order chi connectivity index (χ1) is 8.08. The standard InChI is InChI=1S/C13H8Cl2O2/c14-6-1-2-8-9(3-6)13(17)10-4-7(15)5-11(16)12(8)10/h1-5,13,16-17H/t13-/m0/s1. The molecule has 2 N–H and O–H groups in total. The zero-order valence-electron chi connectivity index (χ0n) is 8.61. The number of fused-ring (bicyclic) bond motifs is 3. The first kappa shape index (κ1) is 10.9. The molecule has 1 aliphatic carbocycles. The summed E-state index contributed by atoms with van der Waals surface area (Å²) < 4.78 is 0. The lowest BCUT2D eigenvalue weighted by molar-refractivity contribution is 0.225. The lowest BCUT2D eigenvalue weighted by Gasteiger charge is -2.06. The van der Waals surface area contributed by atoms with Gasteiger partial charge in [-0.25, -0.2) is 0 Å². The van der Waals surface area contributed by atoms with Crippen LogP contribution in [0, 0.1) is 0 Å². The summed E-state index contributed by atoms with van der Waals surface area (Å²) in [6, 6.07) is 8.36. The number of halogens is 2. The number of aliphatic hydroxyl groups is 1. The predicted octanol–water partition coefficient (Wildman–Crippen LogP) is 3.76. The average Bonchev–Trinajstić information content (AvgIpc) is 2.53. The number of rotatable bonds is 0. The third-order valence-corrected chi connectivity index (χ3v) is 3.44. The van der Waals surface area contributed by atoms with Gasteiger partial charge in [-0.2, -0.15) is 0 Å². The summed E-state index contributed by atoms with van der Waals surface area (Å²) in [4.78, 5) is 0. The summed E-state index contributed by atoms with van der Waals surface area (Å²) in [5.41, 5.74) is 2.75. The van der Waals surface area contributed by atoms with Gasteiger partial charge >= 0.3 is 0 Å². The normalized spacial score (nSPS) is 16.8. The van der Waals surface area contributed by atoms with Crippen molar-refractivity contribution in [1.82, 2.24) is 0 Å². The molecule has 1 aliphatic rings. The van der Waals surface area contributed by atoms with Gasteiger partial charge < -0.3 is 10.2 Å². The fourth-order valence-electron chi connectivity index (χ4n) is 2.28. The zero-order valence-corrected chi connectivity index (χ0v) is 10.1. The number of phenols is 1. The van der Waals surface area contributed by atoms with E-state index in [-0.39, 0.29) is 5.75 Å². The molecule has 0 fully saturated rings. The van der Waals surface area contributed by atoms with Gasteiger partial charge in [-0.1, -0.05) is 29.3 Å². The van der Waals surface area contributed by atoms with Crippen LogP contribution in [-0.4, -0.2) is 10.2 Å². The molecule has 0 bridgehead atoms. The molecule has 0 heterocycles. The van der Waals surface area contributed by atoms with Crippen LogP contribution in [0.5, 0.6) is 5.75 Å². The molecular formula is C13H8Cl2O2. The highest BCUT2D eigenvalue weighted by Crippen LogP contribution is 2.49. The van der Waals surface area contributed by atoms with Gasteiger partial charge in [0.25, 0.3) is 0 Å². The van der Waals surface area contributed by atoms with Crippen LogP contribution in [0.4, 0.5) is 0 Å². The van der Waals surface area contributed by atoms with Crippen molar-refractivity contribution in [2.24, 2.45) is 0 Å². The van der Waals surface area contributed by atoms with Crippen LogP contribution in [0.25, 0.3) is 11.1 Å². The Hall–Kier alpha value is -1.22. The van der Waals surface area contributed by atoms with Crippen molar-refractivity contribution in [2.45, 2.75) is 6.10 Å². The van der Waals surface area contributed by atoms with E-state index in [4.69, 9.17) is 23.2 Å². The zero-order chi connectivity index (χ0) is 12.2. The molecule has 3 rings (SSSR count). The molecule has 0 spiro atoms. The molecule has 0 radical (unpaired) electrons. The molecule has 0 aliphatic heterocycles. The fraction of sp³-hybridized carbons (Fsp3) is 0.0769. The van der Waals surface area contributed by atoms with Crippen molar-refractivity contribution in [2.75, 3.05) is 0 Å². The van der Waals surface area contributed by atoms with Crippen molar-refractivity contribution in [3.8, 4) is 16.9 Å². The summed E-state index contributed by atoms with van der Waals surface area (Å²) in [7, 11) is 0. The Balaban J connectivity index is 2.35. The highest BCUT2D eigenvalue weighted by atomic mass is 35.5. The van der Waals surface area contributed by atoms with Gasteiger partial charge in [-0.05, 0) is 41.0 Å². The number of hydrogen-bond donors (Lipinski definition) is 2. The highest BCUT2D eigenvalue weighted by molar-refractivity contribution is 6.31. The number of hydrogen-bond acceptors (Lipinski definition) is 2. The molecule has 0 saturated carbocycles. The maximum absolute atomic E-state index is 10.2. The molecule has 17 heavy (non-hydrogen) atoms. The van der Waals surface area contributed by atoms with Crippen LogP contribution in [0.3, 0.4) is 0 Å². The smallest absolute Gasteiger partial charge is 0.125 e. The maximum Gasteiger partial charge on any atom is 0.125 e. The second-order valence-corrected chi connectivity index (χ2v) is 4.90. The van der Waals surface area contributed by atoms with E-state index < -0.39 is 6.10 Å². The Bertz CT molecular complexity index is 623. The monoisotopic (exact) mass is 266 g/mol.